The van der Waals surface area contributed by atoms with E-state index < -0.39 is 0 Å². The van der Waals surface area contributed by atoms with Gasteiger partial charge in [0.15, 0.2) is 10.9 Å². The summed E-state index contributed by atoms with van der Waals surface area (Å²) in [6, 6.07) is 8.65. The Labute approximate surface area is 160 Å². The largest absolute Gasteiger partial charge is 0.362 e. The molecule has 0 radical (unpaired) electrons. The van der Waals surface area contributed by atoms with E-state index in [0.717, 1.165) is 38.3 Å². The van der Waals surface area contributed by atoms with Crippen molar-refractivity contribution in [3.8, 4) is 0 Å². The molecule has 1 heterocycles. The second kappa shape index (κ2) is 10.2. The molecule has 0 fully saturated rings. The fraction of sp³-hybridized carbons (Fsp3) is 0.474. The fourth-order valence-electron chi connectivity index (χ4n) is 2.72. The van der Waals surface area contributed by atoms with E-state index in [4.69, 9.17) is 12.2 Å². The first-order valence-electron chi connectivity index (χ1n) is 9.08. The predicted octanol–water partition coefficient (Wildman–Crippen LogP) is 3.40. The van der Waals surface area contributed by atoms with Crippen LogP contribution < -0.4 is 10.6 Å². The van der Waals surface area contributed by atoms with Crippen LogP contribution in [-0.4, -0.2) is 46.0 Å². The Morgan fingerprint density at radius 1 is 1.27 bits per heavy atom. The molecule has 1 aromatic carbocycles. The van der Waals surface area contributed by atoms with Gasteiger partial charge in [0.05, 0.1) is 6.54 Å². The molecule has 0 saturated heterocycles. The lowest BCUT2D eigenvalue weighted by Crippen LogP contribution is -2.32. The van der Waals surface area contributed by atoms with E-state index in [-0.39, 0.29) is 5.82 Å². The zero-order chi connectivity index (χ0) is 18.9. The molecule has 0 atom stereocenters. The normalized spacial score (nSPS) is 11.0. The Bertz CT molecular complexity index is 712. The predicted molar refractivity (Wildman–Crippen MR) is 109 cm³/mol. The number of nitrogens with one attached hydrogen (secondary N) is 2. The summed E-state index contributed by atoms with van der Waals surface area (Å²) in [6.07, 6.45) is 1.03. The zero-order valence-electron chi connectivity index (χ0n) is 15.8. The lowest BCUT2D eigenvalue weighted by Gasteiger charge is -2.18. The third-order valence-corrected chi connectivity index (χ3v) is 4.58. The second-order valence-electron chi connectivity index (χ2n) is 6.18. The molecule has 26 heavy (non-hydrogen) atoms. The van der Waals surface area contributed by atoms with E-state index >= 15 is 0 Å². The Balaban J connectivity index is 1.83. The van der Waals surface area contributed by atoms with Crippen LogP contribution in [0.2, 0.25) is 0 Å². The highest BCUT2D eigenvalue weighted by Crippen LogP contribution is 2.13. The molecule has 0 aliphatic rings. The quantitative estimate of drug-likeness (QED) is 0.518. The standard InChI is InChI=1S/C19H28FN5S/c1-4-24(5-2)12-8-11-21-19(26)22-18-13-15(3)25(23-18)14-16-9-6-7-10-17(16)20/h6-7,9-10,13H,4-5,8,11-12,14H2,1-3H3,(H2,21,22,23,26). The van der Waals surface area contributed by atoms with Crippen molar-refractivity contribution in [2.24, 2.45) is 0 Å². The third-order valence-electron chi connectivity index (χ3n) is 4.33. The Morgan fingerprint density at radius 2 is 2.00 bits per heavy atom. The molecule has 0 amide bonds. The highest BCUT2D eigenvalue weighted by molar-refractivity contribution is 7.80. The number of rotatable bonds is 9. The van der Waals surface area contributed by atoms with Gasteiger partial charge in [-0.25, -0.2) is 4.39 Å². The van der Waals surface area contributed by atoms with Crippen molar-refractivity contribution < 1.29 is 4.39 Å². The maximum Gasteiger partial charge on any atom is 0.171 e. The monoisotopic (exact) mass is 377 g/mol. The van der Waals surface area contributed by atoms with E-state index in [1.807, 2.05) is 19.1 Å². The van der Waals surface area contributed by atoms with E-state index in [1.165, 1.54) is 6.07 Å². The van der Waals surface area contributed by atoms with E-state index in [9.17, 15) is 4.39 Å². The van der Waals surface area contributed by atoms with Gasteiger partial charge < -0.3 is 15.5 Å². The summed E-state index contributed by atoms with van der Waals surface area (Å²) in [5, 5.41) is 11.3. The Hall–Kier alpha value is -1.99. The van der Waals surface area contributed by atoms with E-state index in [1.54, 1.807) is 16.8 Å². The zero-order valence-corrected chi connectivity index (χ0v) is 16.6. The number of hydrogen-bond donors (Lipinski definition) is 2. The molecule has 0 aliphatic carbocycles. The first-order valence-corrected chi connectivity index (χ1v) is 9.49. The molecule has 2 N–H and O–H groups in total. The lowest BCUT2D eigenvalue weighted by molar-refractivity contribution is 0.300. The number of benzene rings is 1. The van der Waals surface area contributed by atoms with Crippen molar-refractivity contribution in [1.82, 2.24) is 20.0 Å². The molecular weight excluding hydrogens is 349 g/mol. The number of aryl methyl sites for hydroxylation is 1. The first kappa shape index (κ1) is 20.3. The van der Waals surface area contributed by atoms with Gasteiger partial charge in [0.1, 0.15) is 5.82 Å². The summed E-state index contributed by atoms with van der Waals surface area (Å²) >= 11 is 5.33. The number of aromatic nitrogens is 2. The molecule has 1 aromatic heterocycles. The molecule has 2 aromatic rings. The molecule has 5 nitrogen and oxygen atoms in total. The fourth-order valence-corrected chi connectivity index (χ4v) is 2.93. The number of nitrogens with zero attached hydrogens (tertiary/aromatic N) is 3. The van der Waals surface area contributed by atoms with Crippen molar-refractivity contribution in [2.75, 3.05) is 31.5 Å². The van der Waals surface area contributed by atoms with Crippen LogP contribution in [0, 0.1) is 12.7 Å². The maximum atomic E-state index is 13.8. The smallest absolute Gasteiger partial charge is 0.171 e. The molecule has 142 valence electrons. The van der Waals surface area contributed by atoms with Crippen molar-refractivity contribution in [2.45, 2.75) is 33.7 Å². The minimum absolute atomic E-state index is 0.220. The van der Waals surface area contributed by atoms with Gasteiger partial charge in [0.25, 0.3) is 0 Å². The maximum absolute atomic E-state index is 13.8. The van der Waals surface area contributed by atoms with Crippen LogP contribution in [-0.2, 0) is 6.54 Å². The minimum Gasteiger partial charge on any atom is -0.362 e. The summed E-state index contributed by atoms with van der Waals surface area (Å²) < 4.78 is 15.6. The topological polar surface area (TPSA) is 45.1 Å². The minimum atomic E-state index is -0.220. The summed E-state index contributed by atoms with van der Waals surface area (Å²) in [6.45, 7) is 10.7. The molecule has 7 heteroatoms. The van der Waals surface area contributed by atoms with Gasteiger partial charge in [-0.2, -0.15) is 5.10 Å². The van der Waals surface area contributed by atoms with Crippen LogP contribution in [0.4, 0.5) is 10.2 Å². The van der Waals surface area contributed by atoms with Crippen LogP contribution in [0.5, 0.6) is 0 Å². The van der Waals surface area contributed by atoms with Crippen LogP contribution in [0.25, 0.3) is 0 Å². The molecule has 0 unspecified atom stereocenters. The van der Waals surface area contributed by atoms with Gasteiger partial charge in [-0.15, -0.1) is 0 Å². The van der Waals surface area contributed by atoms with Gasteiger partial charge in [0, 0.05) is 23.9 Å². The molecule has 0 aliphatic heterocycles. The number of anilines is 1. The Morgan fingerprint density at radius 3 is 2.69 bits per heavy atom. The van der Waals surface area contributed by atoms with Gasteiger partial charge >= 0.3 is 0 Å². The van der Waals surface area contributed by atoms with Crippen molar-refractivity contribution >= 4 is 23.1 Å². The number of halogens is 1. The highest BCUT2D eigenvalue weighted by Gasteiger charge is 2.08. The summed E-state index contributed by atoms with van der Waals surface area (Å²) in [4.78, 5) is 2.38. The molecule has 2 rings (SSSR count). The average Bonchev–Trinajstić information content (AvgIpc) is 2.96. The van der Waals surface area contributed by atoms with Crippen molar-refractivity contribution in [3.63, 3.8) is 0 Å². The molecule has 0 spiro atoms. The van der Waals surface area contributed by atoms with Crippen LogP contribution in [0.1, 0.15) is 31.5 Å². The third kappa shape index (κ3) is 6.07. The second-order valence-corrected chi connectivity index (χ2v) is 6.59. The summed E-state index contributed by atoms with van der Waals surface area (Å²) in [7, 11) is 0. The SMILES string of the molecule is CCN(CC)CCCNC(=S)Nc1cc(C)n(Cc2ccccc2F)n1. The van der Waals surface area contributed by atoms with Gasteiger partial charge in [0.2, 0.25) is 0 Å². The van der Waals surface area contributed by atoms with Crippen LogP contribution >= 0.6 is 12.2 Å². The van der Waals surface area contributed by atoms with Crippen LogP contribution in [0.15, 0.2) is 30.3 Å². The lowest BCUT2D eigenvalue weighted by atomic mass is 10.2. The van der Waals surface area contributed by atoms with Gasteiger partial charge in [-0.05, 0) is 51.3 Å². The summed E-state index contributed by atoms with van der Waals surface area (Å²) in [5.41, 5.74) is 1.56. The number of hydrogen-bond acceptors (Lipinski definition) is 3. The van der Waals surface area contributed by atoms with Crippen molar-refractivity contribution in [3.05, 3.63) is 47.4 Å². The van der Waals surface area contributed by atoms with E-state index in [0.29, 0.717) is 23.0 Å². The average molecular weight is 378 g/mol. The molecule has 0 bridgehead atoms. The Kier molecular flexibility index (Phi) is 8.00. The molecular formula is C19H28FN5S. The first-order chi connectivity index (χ1) is 12.5. The highest BCUT2D eigenvalue weighted by atomic mass is 32.1. The number of thiocarbonyl (C=S) groups is 1. The van der Waals surface area contributed by atoms with Crippen molar-refractivity contribution in [1.29, 1.82) is 0 Å². The van der Waals surface area contributed by atoms with Gasteiger partial charge in [-0.1, -0.05) is 32.0 Å². The van der Waals surface area contributed by atoms with E-state index in [2.05, 4.69) is 34.5 Å². The molecule has 0 saturated carbocycles. The van der Waals surface area contributed by atoms with Crippen LogP contribution in [0.3, 0.4) is 0 Å². The van der Waals surface area contributed by atoms with Gasteiger partial charge in [-0.3, -0.25) is 4.68 Å². The summed E-state index contributed by atoms with van der Waals surface area (Å²) in [5.74, 6) is 0.447.